The van der Waals surface area contributed by atoms with Gasteiger partial charge in [0, 0.05) is 66.1 Å². The van der Waals surface area contributed by atoms with Crippen LogP contribution in [0.1, 0.15) is 41.4 Å². The number of aldehydes is 4. The number of H-pyrrole nitrogens is 2. The smallest absolute Gasteiger partial charge is 0.164 e. The Kier molecular flexibility index (Phi) is 5.80. The van der Waals surface area contributed by atoms with Crippen LogP contribution in [-0.4, -0.2) is 65.0 Å². The lowest BCUT2D eigenvalue weighted by Crippen LogP contribution is -1.86. The molecule has 0 saturated heterocycles. The summed E-state index contributed by atoms with van der Waals surface area (Å²) >= 11 is 0. The number of rotatable bonds is 4. The summed E-state index contributed by atoms with van der Waals surface area (Å²) in [6.07, 6.45) is 3.01. The molecule has 2 aliphatic rings. The van der Waals surface area contributed by atoms with Gasteiger partial charge in [-0.15, -0.1) is 0 Å². The van der Waals surface area contributed by atoms with E-state index >= 15 is 0 Å². The Morgan fingerprint density at radius 2 is 0.688 bits per heavy atom. The minimum atomic E-state index is 0.296. The lowest BCUT2D eigenvalue weighted by molar-refractivity contribution is 0.111. The molecule has 4 aromatic carbocycles. The highest BCUT2D eigenvalue weighted by atomic mass is 16.1. The molecule has 7 aromatic rings. The second-order valence-electron chi connectivity index (χ2n) is 11.3. The van der Waals surface area contributed by atoms with Gasteiger partial charge in [-0.2, -0.15) is 0 Å². The van der Waals surface area contributed by atoms with Crippen LogP contribution in [0.4, 0.5) is 0 Å². The minimum absolute atomic E-state index is 0.296. The number of carbonyl (C=O) groups excluding carboxylic acids is 4. The van der Waals surface area contributed by atoms with Gasteiger partial charge in [0.15, 0.2) is 23.3 Å². The highest BCUT2D eigenvalue weighted by molar-refractivity contribution is 6.08. The molecule has 2 N–H and O–H groups in total. The predicted octanol–water partition coefficient (Wildman–Crippen LogP) is 6.12. The maximum absolute atomic E-state index is 11.8. The molecule has 0 fully saturated rings. The molecule has 12 nitrogen and oxygen atoms in total. The van der Waals surface area contributed by atoms with Crippen LogP contribution in [0.3, 0.4) is 0 Å². The first kappa shape index (κ1) is 27.2. The van der Waals surface area contributed by atoms with Crippen molar-refractivity contribution in [2.45, 2.75) is 0 Å². The third-order valence-electron chi connectivity index (χ3n) is 8.47. The predicted molar refractivity (Wildman–Crippen MR) is 178 cm³/mol. The van der Waals surface area contributed by atoms with E-state index in [4.69, 9.17) is 29.9 Å². The van der Waals surface area contributed by atoms with Crippen LogP contribution in [0.5, 0.6) is 0 Å². The average molecular weight is 627 g/mol. The molecule has 0 spiro atoms. The first-order chi connectivity index (χ1) is 23.5. The van der Waals surface area contributed by atoms with Crippen LogP contribution in [0.25, 0.3) is 89.7 Å². The Hall–Kier alpha value is -7.08. The molecule has 5 heterocycles. The lowest BCUT2D eigenvalue weighted by Gasteiger charge is -1.99. The zero-order valence-corrected chi connectivity index (χ0v) is 24.6. The van der Waals surface area contributed by atoms with Gasteiger partial charge in [-0.1, -0.05) is 24.3 Å². The largest absolute Gasteiger partial charge is 0.324 e. The molecule has 226 valence electrons. The molecule has 0 unspecified atom stereocenters. The van der Waals surface area contributed by atoms with E-state index in [1.54, 1.807) is 72.8 Å². The highest BCUT2D eigenvalue weighted by Gasteiger charge is 2.23. The molecule has 0 amide bonds. The van der Waals surface area contributed by atoms with Crippen molar-refractivity contribution < 1.29 is 19.2 Å². The van der Waals surface area contributed by atoms with Gasteiger partial charge >= 0.3 is 0 Å². The summed E-state index contributed by atoms with van der Waals surface area (Å²) in [5, 5.41) is 2.60. The van der Waals surface area contributed by atoms with Crippen LogP contribution in [0.2, 0.25) is 0 Å². The van der Waals surface area contributed by atoms with E-state index in [1.807, 2.05) is 0 Å². The summed E-state index contributed by atoms with van der Waals surface area (Å²) in [4.78, 5) is 82.9. The van der Waals surface area contributed by atoms with Gasteiger partial charge in [0.05, 0.1) is 0 Å². The second kappa shape index (κ2) is 10.2. The number of nitrogens with one attached hydrogen (secondary N) is 2. The fraction of sp³-hybridized carbons (Fsp3) is 0. The number of aromatic nitrogens is 8. The number of hydrogen-bond donors (Lipinski definition) is 2. The molecule has 3 aromatic heterocycles. The Bertz CT molecular complexity index is 2780. The van der Waals surface area contributed by atoms with E-state index in [9.17, 15) is 19.2 Å². The number of nitrogens with zero attached hydrogens (tertiary/aromatic N) is 6. The van der Waals surface area contributed by atoms with Crippen molar-refractivity contribution in [1.82, 2.24) is 39.9 Å². The van der Waals surface area contributed by atoms with Gasteiger partial charge in [0.25, 0.3) is 0 Å². The number of hydrogen-bond acceptors (Lipinski definition) is 10. The molecular weight excluding hydrogens is 608 g/mol. The number of fused-ring (bicyclic) bond motifs is 20. The fourth-order valence-electron chi connectivity index (χ4n) is 6.16. The summed E-state index contributed by atoms with van der Waals surface area (Å²) in [6, 6.07) is 20.7. The fourth-order valence-corrected chi connectivity index (χ4v) is 6.16. The quantitative estimate of drug-likeness (QED) is 0.216. The van der Waals surface area contributed by atoms with E-state index < -0.39 is 0 Å². The summed E-state index contributed by atoms with van der Waals surface area (Å²) in [6.45, 7) is 0. The first-order valence-electron chi connectivity index (χ1n) is 14.7. The molecule has 0 aliphatic carbocycles. The molecule has 0 atom stereocenters. The van der Waals surface area contributed by atoms with Crippen molar-refractivity contribution in [3.05, 3.63) is 95.1 Å². The topological polar surface area (TPSA) is 177 Å². The minimum Gasteiger partial charge on any atom is -0.324 e. The molecular formula is C36H18N8O4. The monoisotopic (exact) mass is 626 g/mol. The summed E-state index contributed by atoms with van der Waals surface area (Å²) in [5.74, 6) is 1.28. The van der Waals surface area contributed by atoms with E-state index in [1.165, 1.54) is 0 Å². The van der Waals surface area contributed by atoms with Gasteiger partial charge in [-0.05, 0) is 48.5 Å². The van der Waals surface area contributed by atoms with Crippen molar-refractivity contribution in [3.8, 4) is 45.6 Å². The Morgan fingerprint density at radius 1 is 0.354 bits per heavy atom. The lowest BCUT2D eigenvalue weighted by atomic mass is 10.1. The van der Waals surface area contributed by atoms with Gasteiger partial charge in [-0.3, -0.25) is 19.2 Å². The van der Waals surface area contributed by atoms with Crippen molar-refractivity contribution >= 4 is 69.3 Å². The van der Waals surface area contributed by atoms with Crippen LogP contribution in [0, 0.1) is 0 Å². The molecule has 8 bridgehead atoms. The van der Waals surface area contributed by atoms with E-state index in [2.05, 4.69) is 9.97 Å². The third kappa shape index (κ3) is 4.09. The van der Waals surface area contributed by atoms with Crippen molar-refractivity contribution in [1.29, 1.82) is 0 Å². The summed E-state index contributed by atoms with van der Waals surface area (Å²) < 4.78 is 0. The third-order valence-corrected chi connectivity index (χ3v) is 8.47. The zero-order valence-electron chi connectivity index (χ0n) is 24.6. The second-order valence-corrected chi connectivity index (χ2v) is 11.3. The van der Waals surface area contributed by atoms with E-state index in [0.717, 1.165) is 25.1 Å². The molecule has 2 aliphatic heterocycles. The molecule has 0 saturated carbocycles. The zero-order chi connectivity index (χ0) is 32.5. The highest BCUT2D eigenvalue weighted by Crippen LogP contribution is 2.37. The van der Waals surface area contributed by atoms with Crippen LogP contribution >= 0.6 is 0 Å². The number of aromatic amines is 2. The van der Waals surface area contributed by atoms with Crippen LogP contribution < -0.4 is 0 Å². The standard InChI is InChI=1S/C36H18N8O4/c45-13-17-1-5-21-25(9-17)33-38-29(21)37-30-22-6-2-19(15-47)11-27(22)35(39-30)44-36-28-12-20(16-48)4-8-24(28)32(43-36)42-34-26-10-18(14-46)3-7-23(26)31(40-33)41-34/h1-16H,(H2,37,38,39,40,41,42,43,44). The number of benzene rings is 4. The van der Waals surface area contributed by atoms with Crippen LogP contribution in [-0.2, 0) is 0 Å². The SMILES string of the molecule is O=Cc1ccc2c(c1)-c1nc-2nc2[nH]c(nc3nc(nc4[nH]c(n1)c1ccc(C=O)cc41)-c1cc(C=O)ccc1-3)c1ccc(C=O)cc21. The summed E-state index contributed by atoms with van der Waals surface area (Å²) in [5.41, 5.74) is 5.89. The molecule has 9 rings (SSSR count). The van der Waals surface area contributed by atoms with Crippen LogP contribution in [0.15, 0.2) is 72.8 Å². The van der Waals surface area contributed by atoms with Crippen molar-refractivity contribution in [2.75, 3.05) is 0 Å². The Labute approximate surface area is 268 Å². The molecule has 48 heavy (non-hydrogen) atoms. The number of carbonyl (C=O) groups is 4. The van der Waals surface area contributed by atoms with Gasteiger partial charge < -0.3 is 9.97 Å². The van der Waals surface area contributed by atoms with Gasteiger partial charge in [0.1, 0.15) is 47.7 Å². The first-order valence-corrected chi connectivity index (χ1v) is 14.7. The normalized spacial score (nSPS) is 11.7. The Balaban J connectivity index is 1.50. The van der Waals surface area contributed by atoms with E-state index in [-0.39, 0.29) is 0 Å². The molecule has 12 heteroatoms. The van der Waals surface area contributed by atoms with Crippen molar-refractivity contribution in [2.24, 2.45) is 0 Å². The van der Waals surface area contributed by atoms with E-state index in [0.29, 0.717) is 112 Å². The molecule has 0 radical (unpaired) electrons. The Morgan fingerprint density at radius 3 is 1.08 bits per heavy atom. The van der Waals surface area contributed by atoms with Gasteiger partial charge in [-0.25, -0.2) is 29.9 Å². The average Bonchev–Trinajstić information content (AvgIpc) is 3.85. The van der Waals surface area contributed by atoms with Crippen molar-refractivity contribution in [3.63, 3.8) is 0 Å². The maximum atomic E-state index is 11.8. The summed E-state index contributed by atoms with van der Waals surface area (Å²) in [7, 11) is 0. The maximum Gasteiger partial charge on any atom is 0.164 e. The van der Waals surface area contributed by atoms with Gasteiger partial charge in [0.2, 0.25) is 0 Å².